The van der Waals surface area contributed by atoms with E-state index in [0.717, 1.165) is 0 Å². The number of rotatable bonds is 3. The number of nitrogens with one attached hydrogen (secondary N) is 1. The van der Waals surface area contributed by atoms with E-state index in [1.165, 1.54) is 30.5 Å². The first kappa shape index (κ1) is 13.0. The lowest BCUT2D eigenvalue weighted by Crippen LogP contribution is -2.15. The molecular weight excluding hydrogens is 264 g/mol. The summed E-state index contributed by atoms with van der Waals surface area (Å²) in [4.78, 5) is 7.85. The van der Waals surface area contributed by atoms with Crippen LogP contribution in [0, 0.1) is 18.3 Å². The highest BCUT2D eigenvalue weighted by Crippen LogP contribution is 2.13. The minimum Gasteiger partial charge on any atom is -0.247 e. The molecule has 0 aliphatic heterocycles. The molecule has 6 nitrogen and oxygen atoms in total. The van der Waals surface area contributed by atoms with Crippen molar-refractivity contribution in [3.8, 4) is 6.07 Å². The predicted molar refractivity (Wildman–Crippen MR) is 68.7 cm³/mol. The number of nitrogens with zero attached hydrogens (tertiary/aromatic N) is 3. The molecule has 0 aliphatic rings. The van der Waals surface area contributed by atoms with Crippen LogP contribution in [0.5, 0.6) is 0 Å². The normalized spacial score (nSPS) is 10.7. The monoisotopic (exact) mass is 274 g/mol. The molecule has 1 aromatic carbocycles. The molecular formula is C12H10N4O2S. The van der Waals surface area contributed by atoms with E-state index in [2.05, 4.69) is 14.7 Å². The average Bonchev–Trinajstić information content (AvgIpc) is 2.38. The molecule has 0 amide bonds. The zero-order chi connectivity index (χ0) is 13.9. The van der Waals surface area contributed by atoms with Gasteiger partial charge < -0.3 is 0 Å². The first-order chi connectivity index (χ1) is 9.01. The second kappa shape index (κ2) is 5.04. The van der Waals surface area contributed by atoms with Crippen LogP contribution in [0.25, 0.3) is 0 Å². The summed E-state index contributed by atoms with van der Waals surface area (Å²) in [6, 6.07) is 9.18. The van der Waals surface area contributed by atoms with E-state index in [0.29, 0.717) is 11.3 Å². The fraction of sp³-hybridized carbons (Fsp3) is 0.0833. The van der Waals surface area contributed by atoms with E-state index >= 15 is 0 Å². The Labute approximate surface area is 110 Å². The number of benzene rings is 1. The molecule has 0 spiro atoms. The van der Waals surface area contributed by atoms with Gasteiger partial charge >= 0.3 is 0 Å². The van der Waals surface area contributed by atoms with Gasteiger partial charge in [0.1, 0.15) is 0 Å². The molecule has 0 saturated heterocycles. The number of aryl methyl sites for hydroxylation is 1. The third kappa shape index (κ3) is 3.05. The number of nitriles is 1. The van der Waals surface area contributed by atoms with Crippen LogP contribution in [-0.4, -0.2) is 18.4 Å². The molecule has 0 radical (unpaired) electrons. The SMILES string of the molecule is Cc1ccnc(NS(=O)(=O)c2ccc(C#N)cc2)n1. The second-order valence-electron chi connectivity index (χ2n) is 3.76. The van der Waals surface area contributed by atoms with Crippen molar-refractivity contribution in [1.29, 1.82) is 5.26 Å². The maximum Gasteiger partial charge on any atom is 0.264 e. The van der Waals surface area contributed by atoms with Crippen LogP contribution in [0.15, 0.2) is 41.4 Å². The van der Waals surface area contributed by atoms with Gasteiger partial charge in [0.25, 0.3) is 10.0 Å². The summed E-state index contributed by atoms with van der Waals surface area (Å²) in [5, 5.41) is 8.66. The standard InChI is InChI=1S/C12H10N4O2S/c1-9-6-7-14-12(15-9)16-19(17,18)11-4-2-10(8-13)3-5-11/h2-7H,1H3,(H,14,15,16). The van der Waals surface area contributed by atoms with Crippen molar-refractivity contribution < 1.29 is 8.42 Å². The highest BCUT2D eigenvalue weighted by molar-refractivity contribution is 7.92. The second-order valence-corrected chi connectivity index (χ2v) is 5.45. The molecule has 1 N–H and O–H groups in total. The lowest BCUT2D eigenvalue weighted by Gasteiger charge is -2.06. The average molecular weight is 274 g/mol. The van der Waals surface area contributed by atoms with Crippen LogP contribution >= 0.6 is 0 Å². The van der Waals surface area contributed by atoms with E-state index < -0.39 is 10.0 Å². The van der Waals surface area contributed by atoms with Crippen molar-refractivity contribution in [3.05, 3.63) is 47.8 Å². The molecule has 0 bridgehead atoms. The number of aromatic nitrogens is 2. The van der Waals surface area contributed by atoms with Gasteiger partial charge in [-0.05, 0) is 37.3 Å². The van der Waals surface area contributed by atoms with Crippen LogP contribution in [0.4, 0.5) is 5.95 Å². The largest absolute Gasteiger partial charge is 0.264 e. The van der Waals surface area contributed by atoms with Crippen molar-refractivity contribution >= 4 is 16.0 Å². The molecule has 0 atom stereocenters. The molecule has 2 rings (SSSR count). The Balaban J connectivity index is 2.30. The highest BCUT2D eigenvalue weighted by atomic mass is 32.2. The summed E-state index contributed by atoms with van der Waals surface area (Å²) in [6.07, 6.45) is 1.47. The Hall–Kier alpha value is -2.46. The van der Waals surface area contributed by atoms with Gasteiger partial charge in [-0.3, -0.25) is 0 Å². The Bertz CT molecular complexity index is 733. The van der Waals surface area contributed by atoms with Crippen LogP contribution in [-0.2, 0) is 10.0 Å². The summed E-state index contributed by atoms with van der Waals surface area (Å²) in [5.74, 6) is 0.0179. The first-order valence-electron chi connectivity index (χ1n) is 5.34. The maximum absolute atomic E-state index is 12.0. The van der Waals surface area contributed by atoms with E-state index in [1.807, 2.05) is 6.07 Å². The van der Waals surface area contributed by atoms with E-state index in [1.54, 1.807) is 13.0 Å². The van der Waals surface area contributed by atoms with Gasteiger partial charge in [-0.1, -0.05) is 0 Å². The van der Waals surface area contributed by atoms with Crippen LogP contribution < -0.4 is 4.72 Å². The zero-order valence-electron chi connectivity index (χ0n) is 10.0. The first-order valence-corrected chi connectivity index (χ1v) is 6.82. The molecule has 7 heteroatoms. The van der Waals surface area contributed by atoms with Gasteiger partial charge in [-0.25, -0.2) is 23.1 Å². The fourth-order valence-electron chi connectivity index (χ4n) is 1.39. The molecule has 1 heterocycles. The third-order valence-corrected chi connectivity index (χ3v) is 3.66. The van der Waals surface area contributed by atoms with Gasteiger partial charge in [0.2, 0.25) is 5.95 Å². The Morgan fingerprint density at radius 1 is 1.21 bits per heavy atom. The Morgan fingerprint density at radius 2 is 1.89 bits per heavy atom. The van der Waals surface area contributed by atoms with Gasteiger partial charge in [0.05, 0.1) is 16.5 Å². The molecule has 0 fully saturated rings. The molecule has 0 aliphatic carbocycles. The summed E-state index contributed by atoms with van der Waals surface area (Å²) in [6.45, 7) is 1.74. The molecule has 1 aromatic heterocycles. The summed E-state index contributed by atoms with van der Waals surface area (Å²) >= 11 is 0. The summed E-state index contributed by atoms with van der Waals surface area (Å²) in [5.41, 5.74) is 1.05. The quantitative estimate of drug-likeness (QED) is 0.914. The molecule has 96 valence electrons. The number of hydrogen-bond donors (Lipinski definition) is 1. The van der Waals surface area contributed by atoms with Crippen molar-refractivity contribution in [2.24, 2.45) is 0 Å². The zero-order valence-corrected chi connectivity index (χ0v) is 10.8. The van der Waals surface area contributed by atoms with Crippen molar-refractivity contribution in [2.75, 3.05) is 4.72 Å². The van der Waals surface area contributed by atoms with Crippen LogP contribution in [0.2, 0.25) is 0 Å². The summed E-state index contributed by atoms with van der Waals surface area (Å²) < 4.78 is 26.4. The lowest BCUT2D eigenvalue weighted by atomic mass is 10.2. The maximum atomic E-state index is 12.0. The smallest absolute Gasteiger partial charge is 0.247 e. The molecule has 0 saturated carbocycles. The van der Waals surface area contributed by atoms with Crippen molar-refractivity contribution in [2.45, 2.75) is 11.8 Å². The number of hydrogen-bond acceptors (Lipinski definition) is 5. The van der Waals surface area contributed by atoms with Crippen LogP contribution in [0.1, 0.15) is 11.3 Å². The fourth-order valence-corrected chi connectivity index (χ4v) is 2.34. The van der Waals surface area contributed by atoms with E-state index in [9.17, 15) is 8.42 Å². The minimum atomic E-state index is -3.74. The van der Waals surface area contributed by atoms with Crippen molar-refractivity contribution in [3.63, 3.8) is 0 Å². The number of sulfonamides is 1. The predicted octanol–water partition coefficient (Wildman–Crippen LogP) is 1.46. The van der Waals surface area contributed by atoms with Crippen LogP contribution in [0.3, 0.4) is 0 Å². The van der Waals surface area contributed by atoms with E-state index in [-0.39, 0.29) is 10.8 Å². The third-order valence-electron chi connectivity index (χ3n) is 2.31. The van der Waals surface area contributed by atoms with Crippen molar-refractivity contribution in [1.82, 2.24) is 9.97 Å². The highest BCUT2D eigenvalue weighted by Gasteiger charge is 2.15. The van der Waals surface area contributed by atoms with Gasteiger partial charge in [-0.2, -0.15) is 5.26 Å². The number of anilines is 1. The minimum absolute atomic E-state index is 0.0179. The van der Waals surface area contributed by atoms with Gasteiger partial charge in [0.15, 0.2) is 0 Å². The Kier molecular flexibility index (Phi) is 3.44. The molecule has 0 unspecified atom stereocenters. The van der Waals surface area contributed by atoms with Gasteiger partial charge in [0, 0.05) is 11.9 Å². The molecule has 19 heavy (non-hydrogen) atoms. The van der Waals surface area contributed by atoms with E-state index in [4.69, 9.17) is 5.26 Å². The lowest BCUT2D eigenvalue weighted by molar-refractivity contribution is 0.601. The topological polar surface area (TPSA) is 95.7 Å². The Morgan fingerprint density at radius 3 is 2.47 bits per heavy atom. The van der Waals surface area contributed by atoms with Gasteiger partial charge in [-0.15, -0.1) is 0 Å². The summed E-state index contributed by atoms with van der Waals surface area (Å²) in [7, 11) is -3.74. The molecule has 2 aromatic rings.